The van der Waals surface area contributed by atoms with E-state index in [0.29, 0.717) is 6.17 Å². The second-order valence-electron chi connectivity index (χ2n) is 7.60. The number of fused-ring (bicyclic) bond motifs is 6. The summed E-state index contributed by atoms with van der Waals surface area (Å²) in [5, 5.41) is 2.28. The summed E-state index contributed by atoms with van der Waals surface area (Å²) in [6.45, 7) is 9.34. The molecule has 1 aromatic carbocycles. The van der Waals surface area contributed by atoms with Crippen molar-refractivity contribution < 1.29 is 4.42 Å². The lowest BCUT2D eigenvalue weighted by Gasteiger charge is -2.59. The third-order valence-corrected chi connectivity index (χ3v) is 6.19. The van der Waals surface area contributed by atoms with E-state index in [9.17, 15) is 0 Å². The van der Waals surface area contributed by atoms with Crippen LogP contribution in [0.4, 0.5) is 5.69 Å². The van der Waals surface area contributed by atoms with Gasteiger partial charge in [0.25, 0.3) is 0 Å². The Morgan fingerprint density at radius 3 is 2.71 bits per heavy atom. The van der Waals surface area contributed by atoms with Gasteiger partial charge in [0.1, 0.15) is 0 Å². The second-order valence-corrected chi connectivity index (χ2v) is 7.60. The first kappa shape index (κ1) is 14.3. The predicted octanol–water partition coefficient (Wildman–Crippen LogP) is 4.31. The number of furan rings is 1. The zero-order valence-electron chi connectivity index (χ0n) is 14.5. The van der Waals surface area contributed by atoms with E-state index in [-0.39, 0.29) is 5.54 Å². The van der Waals surface area contributed by atoms with Crippen LogP contribution < -0.4 is 4.90 Å². The summed E-state index contributed by atoms with van der Waals surface area (Å²) in [5.74, 6) is 0. The zero-order chi connectivity index (χ0) is 16.5. The molecule has 2 aromatic heterocycles. The fraction of sp³-hybridized carbons (Fsp3) is 0.450. The highest BCUT2D eigenvalue weighted by atomic mass is 16.3. The van der Waals surface area contributed by atoms with Gasteiger partial charge in [-0.25, -0.2) is 4.98 Å². The summed E-state index contributed by atoms with van der Waals surface area (Å²) in [5.41, 5.74) is 4.47. The van der Waals surface area contributed by atoms with Gasteiger partial charge in [0.2, 0.25) is 5.71 Å². The van der Waals surface area contributed by atoms with E-state index in [1.54, 1.807) is 6.20 Å². The fourth-order valence-electron chi connectivity index (χ4n) is 4.75. The number of benzene rings is 1. The van der Waals surface area contributed by atoms with Gasteiger partial charge >= 0.3 is 0 Å². The summed E-state index contributed by atoms with van der Waals surface area (Å²) >= 11 is 0. The molecule has 0 amide bonds. The van der Waals surface area contributed by atoms with Crippen LogP contribution in [-0.2, 0) is 0 Å². The van der Waals surface area contributed by atoms with Crippen LogP contribution in [0.15, 0.2) is 34.9 Å². The molecule has 3 fully saturated rings. The number of nitrogens with zero attached hydrogens (tertiary/aromatic N) is 3. The molecule has 4 heteroatoms. The summed E-state index contributed by atoms with van der Waals surface area (Å²) in [6, 6.07) is 8.49. The minimum absolute atomic E-state index is 0.208. The molecular formula is C20H23N3O. The largest absolute Gasteiger partial charge is 0.436 e. The summed E-state index contributed by atoms with van der Waals surface area (Å²) < 4.78 is 6.25. The van der Waals surface area contributed by atoms with Crippen molar-refractivity contribution in [2.75, 3.05) is 18.0 Å². The SMILES string of the molecule is Cc1ccc2c(oc3ncccc32)c1N1[C@@H](C)N2CCC1(C)CC2. The van der Waals surface area contributed by atoms with Crippen LogP contribution in [0, 0.1) is 6.92 Å². The van der Waals surface area contributed by atoms with Gasteiger partial charge in [-0.2, -0.15) is 0 Å². The number of piperidine rings is 1. The third-order valence-electron chi connectivity index (χ3n) is 6.19. The van der Waals surface area contributed by atoms with Gasteiger partial charge in [-0.3, -0.25) is 4.90 Å². The van der Waals surface area contributed by atoms with Crippen molar-refractivity contribution in [3.8, 4) is 0 Å². The molecular weight excluding hydrogens is 298 g/mol. The van der Waals surface area contributed by atoms with Crippen molar-refractivity contribution >= 4 is 27.8 Å². The smallest absolute Gasteiger partial charge is 0.227 e. The molecule has 0 saturated carbocycles. The minimum atomic E-state index is 0.208. The average Bonchev–Trinajstić information content (AvgIpc) is 2.95. The topological polar surface area (TPSA) is 32.5 Å². The normalized spacial score (nSPS) is 29.7. The molecule has 2 bridgehead atoms. The second kappa shape index (κ2) is 4.73. The molecule has 5 heterocycles. The molecule has 6 rings (SSSR count). The van der Waals surface area contributed by atoms with Gasteiger partial charge < -0.3 is 9.32 Å². The number of aromatic nitrogens is 1. The maximum atomic E-state index is 6.25. The molecule has 3 aromatic rings. The number of hydrogen-bond donors (Lipinski definition) is 0. The maximum Gasteiger partial charge on any atom is 0.227 e. The molecule has 3 saturated heterocycles. The Balaban J connectivity index is 1.81. The quantitative estimate of drug-likeness (QED) is 0.668. The molecule has 1 atom stereocenters. The van der Waals surface area contributed by atoms with Gasteiger partial charge in [0.05, 0.1) is 11.9 Å². The molecule has 0 radical (unpaired) electrons. The molecule has 24 heavy (non-hydrogen) atoms. The van der Waals surface area contributed by atoms with Crippen LogP contribution >= 0.6 is 0 Å². The Labute approximate surface area is 142 Å². The molecule has 0 N–H and O–H groups in total. The lowest BCUT2D eigenvalue weighted by atomic mass is 9.82. The van der Waals surface area contributed by atoms with Gasteiger partial charge in [-0.05, 0) is 51.3 Å². The molecule has 0 aliphatic carbocycles. The van der Waals surface area contributed by atoms with Gasteiger partial charge in [-0.15, -0.1) is 0 Å². The standard InChI is InChI=1S/C20H23N3O/c1-13-6-7-15-16-5-4-10-21-19(16)24-18(15)17(13)23-14(2)22-11-8-20(23,3)9-12-22/h4-7,10,14H,8-9,11-12H2,1-3H3/t14-/m0/s1. The van der Waals surface area contributed by atoms with E-state index in [1.165, 1.54) is 42.6 Å². The number of rotatable bonds is 1. The lowest BCUT2D eigenvalue weighted by Crippen LogP contribution is -2.68. The highest BCUT2D eigenvalue weighted by Gasteiger charge is 2.47. The summed E-state index contributed by atoms with van der Waals surface area (Å²) in [6.07, 6.45) is 4.63. The van der Waals surface area contributed by atoms with Crippen molar-refractivity contribution in [1.82, 2.24) is 9.88 Å². The highest BCUT2D eigenvalue weighted by Crippen LogP contribution is 2.46. The number of hydrogen-bond acceptors (Lipinski definition) is 4. The Morgan fingerprint density at radius 1 is 1.17 bits per heavy atom. The highest BCUT2D eigenvalue weighted by molar-refractivity contribution is 6.08. The van der Waals surface area contributed by atoms with Gasteiger partial charge in [0.15, 0.2) is 5.58 Å². The van der Waals surface area contributed by atoms with E-state index in [2.05, 4.69) is 53.8 Å². The molecule has 4 nitrogen and oxygen atoms in total. The Kier molecular flexibility index (Phi) is 2.82. The fourth-order valence-corrected chi connectivity index (χ4v) is 4.75. The first-order valence-corrected chi connectivity index (χ1v) is 8.89. The average molecular weight is 321 g/mol. The van der Waals surface area contributed by atoms with E-state index < -0.39 is 0 Å². The predicted molar refractivity (Wildman–Crippen MR) is 97.4 cm³/mol. The van der Waals surface area contributed by atoms with E-state index in [0.717, 1.165) is 16.7 Å². The molecule has 3 aliphatic rings. The van der Waals surface area contributed by atoms with Gasteiger partial charge in [0, 0.05) is 35.6 Å². The molecule has 124 valence electrons. The van der Waals surface area contributed by atoms with Crippen LogP contribution in [-0.4, -0.2) is 34.7 Å². The van der Waals surface area contributed by atoms with E-state index in [1.807, 2.05) is 6.07 Å². The maximum absolute atomic E-state index is 6.25. The van der Waals surface area contributed by atoms with Crippen LogP contribution in [0.5, 0.6) is 0 Å². The molecule has 0 spiro atoms. The Bertz CT molecular complexity index is 937. The zero-order valence-corrected chi connectivity index (χ0v) is 14.5. The van der Waals surface area contributed by atoms with Crippen LogP contribution in [0.2, 0.25) is 0 Å². The van der Waals surface area contributed by atoms with Crippen molar-refractivity contribution in [2.24, 2.45) is 0 Å². The lowest BCUT2D eigenvalue weighted by molar-refractivity contribution is 0.0487. The van der Waals surface area contributed by atoms with E-state index in [4.69, 9.17) is 4.42 Å². The minimum Gasteiger partial charge on any atom is -0.436 e. The third kappa shape index (κ3) is 1.75. The summed E-state index contributed by atoms with van der Waals surface area (Å²) in [7, 11) is 0. The number of aryl methyl sites for hydroxylation is 1. The van der Waals surface area contributed by atoms with Crippen LogP contribution in [0.1, 0.15) is 32.3 Å². The van der Waals surface area contributed by atoms with Crippen LogP contribution in [0.25, 0.3) is 22.1 Å². The Morgan fingerprint density at radius 2 is 1.96 bits per heavy atom. The monoisotopic (exact) mass is 321 g/mol. The van der Waals surface area contributed by atoms with Crippen molar-refractivity contribution in [3.63, 3.8) is 0 Å². The van der Waals surface area contributed by atoms with Gasteiger partial charge in [-0.1, -0.05) is 12.1 Å². The van der Waals surface area contributed by atoms with Crippen molar-refractivity contribution in [2.45, 2.75) is 45.3 Å². The first-order chi connectivity index (χ1) is 11.6. The molecule has 3 aliphatic heterocycles. The van der Waals surface area contributed by atoms with E-state index >= 15 is 0 Å². The Hall–Kier alpha value is -2.07. The number of anilines is 1. The van der Waals surface area contributed by atoms with Crippen LogP contribution in [0.3, 0.4) is 0 Å². The molecule has 0 unspecified atom stereocenters. The number of pyridine rings is 1. The van der Waals surface area contributed by atoms with Crippen molar-refractivity contribution in [3.05, 3.63) is 36.0 Å². The van der Waals surface area contributed by atoms with Crippen molar-refractivity contribution in [1.29, 1.82) is 0 Å². The summed E-state index contributed by atoms with van der Waals surface area (Å²) in [4.78, 5) is 9.62. The first-order valence-electron chi connectivity index (χ1n) is 8.89.